The van der Waals surface area contributed by atoms with E-state index in [1.807, 2.05) is 12.4 Å². The molecule has 0 spiro atoms. The van der Waals surface area contributed by atoms with Gasteiger partial charge in [-0.1, -0.05) is 39.0 Å². The van der Waals surface area contributed by atoms with E-state index in [0.29, 0.717) is 0 Å². The second kappa shape index (κ2) is 19.6. The standard InChI is InChI=1S/C33H57N2OP/c1-5-9-13-14-15-16-18-30-28-34-33(35-29-30)31-19-21-32(22-20-31)36-23-17-27-37(24-10-6-2,25-11-7-3)26-12-8-4/h19-22,28-29,37H,5-18,23-27H2,1-4H3. The molecule has 0 fully saturated rings. The molecule has 0 atom stereocenters. The number of hydrogen-bond acceptors (Lipinski definition) is 3. The van der Waals surface area contributed by atoms with Gasteiger partial charge in [-0.05, 0) is 12.8 Å². The Bertz CT molecular complexity index is 784. The van der Waals surface area contributed by atoms with Gasteiger partial charge >= 0.3 is 178 Å². The van der Waals surface area contributed by atoms with E-state index < -0.39 is 7.26 Å². The maximum atomic E-state index is 6.19. The molecule has 210 valence electrons. The predicted molar refractivity (Wildman–Crippen MR) is 167 cm³/mol. The average Bonchev–Trinajstić information content (AvgIpc) is 2.94. The zero-order valence-electron chi connectivity index (χ0n) is 24.7. The number of ether oxygens (including phenoxy) is 1. The van der Waals surface area contributed by atoms with Crippen LogP contribution in [-0.2, 0) is 6.42 Å². The average molecular weight is 529 g/mol. The summed E-state index contributed by atoms with van der Waals surface area (Å²) in [5, 5.41) is 0. The van der Waals surface area contributed by atoms with Crippen molar-refractivity contribution in [2.45, 2.75) is 118 Å². The molecule has 0 radical (unpaired) electrons. The third kappa shape index (κ3) is 12.8. The summed E-state index contributed by atoms with van der Waals surface area (Å²) in [6.45, 7) is 10.1. The molecule has 3 nitrogen and oxygen atoms in total. The molecule has 0 bridgehead atoms. The first-order chi connectivity index (χ1) is 18.2. The first-order valence-corrected chi connectivity index (χ1v) is 18.5. The van der Waals surface area contributed by atoms with Gasteiger partial charge in [0.25, 0.3) is 0 Å². The van der Waals surface area contributed by atoms with Crippen LogP contribution in [0.15, 0.2) is 36.7 Å². The Hall–Kier alpha value is -1.47. The van der Waals surface area contributed by atoms with Crippen LogP contribution in [0, 0.1) is 0 Å². The zero-order chi connectivity index (χ0) is 26.6. The molecule has 4 heteroatoms. The summed E-state index contributed by atoms with van der Waals surface area (Å²) in [6.07, 6.45) is 28.5. The van der Waals surface area contributed by atoms with Gasteiger partial charge in [0.05, 0.1) is 0 Å². The summed E-state index contributed by atoms with van der Waals surface area (Å²) < 4.78 is 6.19. The third-order valence-corrected chi connectivity index (χ3v) is 13.6. The van der Waals surface area contributed by atoms with Crippen LogP contribution in [0.4, 0.5) is 0 Å². The van der Waals surface area contributed by atoms with E-state index in [9.17, 15) is 0 Å². The van der Waals surface area contributed by atoms with Crippen LogP contribution in [0.1, 0.15) is 117 Å². The van der Waals surface area contributed by atoms with Gasteiger partial charge in [0, 0.05) is 0 Å². The third-order valence-electron chi connectivity index (χ3n) is 7.94. The van der Waals surface area contributed by atoms with E-state index in [2.05, 4.69) is 61.9 Å². The molecular formula is C33H57N2OP. The van der Waals surface area contributed by atoms with Crippen LogP contribution in [-0.4, -0.2) is 41.2 Å². The van der Waals surface area contributed by atoms with Crippen LogP contribution < -0.4 is 4.74 Å². The summed E-state index contributed by atoms with van der Waals surface area (Å²) in [5.74, 6) is 1.77. The minimum atomic E-state index is -1.17. The molecule has 0 aliphatic heterocycles. The van der Waals surface area contributed by atoms with E-state index in [4.69, 9.17) is 4.74 Å². The zero-order valence-corrected chi connectivity index (χ0v) is 25.7. The minimum absolute atomic E-state index is 0.803. The van der Waals surface area contributed by atoms with Crippen LogP contribution in [0.5, 0.6) is 5.75 Å². The molecule has 0 N–H and O–H groups in total. The number of nitrogens with zero attached hydrogens (tertiary/aromatic N) is 2. The number of unbranched alkanes of at least 4 members (excludes halogenated alkanes) is 8. The first-order valence-electron chi connectivity index (χ1n) is 15.7. The molecule has 0 unspecified atom stereocenters. The Labute approximate surface area is 230 Å². The summed E-state index contributed by atoms with van der Waals surface area (Å²) >= 11 is 0. The van der Waals surface area contributed by atoms with Gasteiger partial charge in [-0.25, -0.2) is 0 Å². The van der Waals surface area contributed by atoms with Crippen molar-refractivity contribution in [3.8, 4) is 17.1 Å². The predicted octanol–water partition coefficient (Wildman–Crippen LogP) is 9.97. The van der Waals surface area contributed by atoms with Gasteiger partial charge in [0.15, 0.2) is 0 Å². The van der Waals surface area contributed by atoms with Crippen LogP contribution >= 0.6 is 7.26 Å². The van der Waals surface area contributed by atoms with Crippen LogP contribution in [0.25, 0.3) is 11.4 Å². The maximum absolute atomic E-state index is 6.19. The molecule has 1 aromatic heterocycles. The molecule has 1 heterocycles. The molecule has 0 aliphatic rings. The van der Waals surface area contributed by atoms with Gasteiger partial charge in [-0.3, -0.25) is 0 Å². The first kappa shape index (κ1) is 31.7. The molecular weight excluding hydrogens is 471 g/mol. The van der Waals surface area contributed by atoms with E-state index in [1.54, 1.807) is 0 Å². The van der Waals surface area contributed by atoms with Crippen molar-refractivity contribution in [2.75, 3.05) is 31.3 Å². The molecule has 2 aromatic rings. The Morgan fingerprint density at radius 3 is 1.68 bits per heavy atom. The monoisotopic (exact) mass is 528 g/mol. The summed E-state index contributed by atoms with van der Waals surface area (Å²) in [4.78, 5) is 9.27. The number of aromatic nitrogens is 2. The Morgan fingerprint density at radius 1 is 0.595 bits per heavy atom. The van der Waals surface area contributed by atoms with E-state index in [0.717, 1.165) is 30.2 Å². The van der Waals surface area contributed by atoms with Gasteiger partial charge in [0.2, 0.25) is 0 Å². The Balaban J connectivity index is 1.81. The van der Waals surface area contributed by atoms with Gasteiger partial charge in [0.1, 0.15) is 0 Å². The summed E-state index contributed by atoms with van der Waals surface area (Å²) in [6, 6.07) is 8.36. The number of rotatable bonds is 22. The SMILES string of the molecule is CCCCCCCCc1cnc(-c2ccc(OCCC[PH](CCCC)(CCCC)CCCC)cc2)nc1. The van der Waals surface area contributed by atoms with Crippen molar-refractivity contribution >= 4 is 7.26 Å². The molecule has 0 saturated carbocycles. The fourth-order valence-electron chi connectivity index (χ4n) is 5.49. The van der Waals surface area contributed by atoms with Crippen molar-refractivity contribution in [1.82, 2.24) is 9.97 Å². The Morgan fingerprint density at radius 2 is 1.11 bits per heavy atom. The van der Waals surface area contributed by atoms with E-state index in [-0.39, 0.29) is 0 Å². The van der Waals surface area contributed by atoms with Crippen molar-refractivity contribution < 1.29 is 4.74 Å². The van der Waals surface area contributed by atoms with E-state index in [1.165, 1.54) is 114 Å². The quantitative estimate of drug-likeness (QED) is 0.113. The summed E-state index contributed by atoms with van der Waals surface area (Å²) in [5.41, 5.74) is 2.30. The van der Waals surface area contributed by atoms with Crippen molar-refractivity contribution in [3.63, 3.8) is 0 Å². The normalized spacial score (nSPS) is 12.1. The molecule has 2 rings (SSSR count). The second-order valence-electron chi connectivity index (χ2n) is 11.2. The Kier molecular flexibility index (Phi) is 16.8. The molecule has 0 aliphatic carbocycles. The molecule has 37 heavy (non-hydrogen) atoms. The fraction of sp³-hybridized carbons (Fsp3) is 0.697. The summed E-state index contributed by atoms with van der Waals surface area (Å²) in [7, 11) is -1.17. The van der Waals surface area contributed by atoms with Crippen molar-refractivity contribution in [3.05, 3.63) is 42.2 Å². The number of benzene rings is 1. The second-order valence-corrected chi connectivity index (χ2v) is 16.2. The molecule has 0 saturated heterocycles. The van der Waals surface area contributed by atoms with Crippen molar-refractivity contribution in [1.29, 1.82) is 0 Å². The fourth-order valence-corrected chi connectivity index (χ4v) is 11.2. The van der Waals surface area contributed by atoms with Crippen LogP contribution in [0.3, 0.4) is 0 Å². The topological polar surface area (TPSA) is 35.0 Å². The number of aryl methyl sites for hydroxylation is 1. The van der Waals surface area contributed by atoms with Gasteiger partial charge in [-0.2, -0.15) is 0 Å². The molecule has 1 aromatic carbocycles. The van der Waals surface area contributed by atoms with Gasteiger partial charge in [-0.15, -0.1) is 0 Å². The molecule has 0 amide bonds. The number of hydrogen-bond donors (Lipinski definition) is 0. The van der Waals surface area contributed by atoms with E-state index >= 15 is 0 Å². The van der Waals surface area contributed by atoms with Crippen molar-refractivity contribution in [2.24, 2.45) is 0 Å². The van der Waals surface area contributed by atoms with Crippen LogP contribution in [0.2, 0.25) is 0 Å². The van der Waals surface area contributed by atoms with Gasteiger partial charge < -0.3 is 0 Å².